The molecule has 0 atom stereocenters. The molecule has 2 N–H and O–H groups in total. The Balaban J connectivity index is 1.59. The van der Waals surface area contributed by atoms with Crippen molar-refractivity contribution in [2.24, 2.45) is 0 Å². The smallest absolute Gasteiger partial charge is 0.322 e. The summed E-state index contributed by atoms with van der Waals surface area (Å²) in [6.45, 7) is 1.43. The van der Waals surface area contributed by atoms with E-state index in [2.05, 4.69) is 17.4 Å². The van der Waals surface area contributed by atoms with Gasteiger partial charge in [-0.05, 0) is 61.1 Å². The van der Waals surface area contributed by atoms with Crippen LogP contribution in [0.1, 0.15) is 36.8 Å². The van der Waals surface area contributed by atoms with Crippen molar-refractivity contribution in [3.8, 4) is 5.75 Å². The molecular formula is C28H32N2O4. The predicted molar refractivity (Wildman–Crippen MR) is 134 cm³/mol. The molecule has 0 bridgehead atoms. The summed E-state index contributed by atoms with van der Waals surface area (Å²) in [7, 11) is 0. The van der Waals surface area contributed by atoms with Gasteiger partial charge < -0.3 is 20.1 Å². The lowest BCUT2D eigenvalue weighted by molar-refractivity contribution is -0.137. The predicted octanol–water partition coefficient (Wildman–Crippen LogP) is 5.99. The maximum atomic E-state index is 13.1. The Morgan fingerprint density at radius 3 is 2.26 bits per heavy atom. The summed E-state index contributed by atoms with van der Waals surface area (Å²) in [6.07, 6.45) is 3.39. The molecule has 34 heavy (non-hydrogen) atoms. The van der Waals surface area contributed by atoms with Crippen LogP contribution in [0.4, 0.5) is 10.5 Å². The fourth-order valence-corrected chi connectivity index (χ4v) is 3.62. The average Bonchev–Trinajstić information content (AvgIpc) is 2.85. The number of aliphatic carboxylic acids is 1. The molecule has 0 aromatic heterocycles. The first-order chi connectivity index (χ1) is 16.6. The second-order valence-electron chi connectivity index (χ2n) is 8.15. The highest BCUT2D eigenvalue weighted by Crippen LogP contribution is 2.17. The Kier molecular flexibility index (Phi) is 9.99. The molecule has 0 saturated carbocycles. The van der Waals surface area contributed by atoms with Crippen LogP contribution in [0.15, 0.2) is 84.9 Å². The van der Waals surface area contributed by atoms with E-state index in [1.807, 2.05) is 77.7 Å². The lowest BCUT2D eigenvalue weighted by Gasteiger charge is -2.24. The van der Waals surface area contributed by atoms with Crippen molar-refractivity contribution in [3.05, 3.63) is 96.1 Å². The zero-order chi connectivity index (χ0) is 24.0. The molecule has 3 aromatic rings. The largest absolute Gasteiger partial charge is 0.494 e. The average molecular weight is 461 g/mol. The Bertz CT molecular complexity index is 1020. The molecule has 2 amide bonds. The number of ether oxygens (including phenoxy) is 1. The number of amides is 2. The summed E-state index contributed by atoms with van der Waals surface area (Å²) >= 11 is 0. The zero-order valence-corrected chi connectivity index (χ0v) is 19.4. The minimum absolute atomic E-state index is 0.0795. The topological polar surface area (TPSA) is 78.9 Å². The number of benzene rings is 3. The summed E-state index contributed by atoms with van der Waals surface area (Å²) in [5.74, 6) is -0.153. The Labute approximate surface area is 201 Å². The number of aryl methyl sites for hydroxylation is 1. The van der Waals surface area contributed by atoms with Crippen LogP contribution in [-0.2, 0) is 17.8 Å². The summed E-state index contributed by atoms with van der Waals surface area (Å²) in [6, 6.07) is 27.3. The number of nitrogens with zero attached hydrogens (tertiary/aromatic N) is 1. The summed E-state index contributed by atoms with van der Waals surface area (Å²) in [4.78, 5) is 25.6. The number of nitrogens with one attached hydrogen (secondary N) is 1. The molecule has 178 valence electrons. The molecule has 0 spiro atoms. The SMILES string of the molecule is O=C(O)CCCOc1cccc(CN(CCCCc2ccccc2)C(=O)Nc2ccccc2)c1. The first-order valence-corrected chi connectivity index (χ1v) is 11.7. The van der Waals surface area contributed by atoms with Crippen LogP contribution in [0.3, 0.4) is 0 Å². The van der Waals surface area contributed by atoms with Crippen LogP contribution in [0, 0.1) is 0 Å². The standard InChI is InChI=1S/C28H32N2O4/c31-27(32)18-10-20-34-26-17-9-14-24(21-26)22-30(28(33)29-25-15-5-2-6-16-25)19-8-7-13-23-11-3-1-4-12-23/h1-6,9,11-12,14-17,21H,7-8,10,13,18-20,22H2,(H,29,33)(H,31,32). The number of anilines is 1. The van der Waals surface area contributed by atoms with Crippen LogP contribution >= 0.6 is 0 Å². The van der Waals surface area contributed by atoms with E-state index < -0.39 is 5.97 Å². The number of carboxylic acids is 1. The van der Waals surface area contributed by atoms with Crippen molar-refractivity contribution >= 4 is 17.7 Å². The van der Waals surface area contributed by atoms with E-state index in [0.717, 1.165) is 30.5 Å². The highest BCUT2D eigenvalue weighted by Gasteiger charge is 2.14. The first kappa shape index (κ1) is 24.8. The van der Waals surface area contributed by atoms with Gasteiger partial charge in [-0.3, -0.25) is 4.79 Å². The summed E-state index contributed by atoms with van der Waals surface area (Å²) < 4.78 is 5.70. The number of carboxylic acid groups (broad SMARTS) is 1. The van der Waals surface area contributed by atoms with Crippen molar-refractivity contribution in [3.63, 3.8) is 0 Å². The highest BCUT2D eigenvalue weighted by atomic mass is 16.5. The van der Waals surface area contributed by atoms with Crippen molar-refractivity contribution < 1.29 is 19.4 Å². The Morgan fingerprint density at radius 2 is 1.53 bits per heavy atom. The first-order valence-electron chi connectivity index (χ1n) is 11.7. The van der Waals surface area contributed by atoms with Gasteiger partial charge in [-0.1, -0.05) is 60.7 Å². The van der Waals surface area contributed by atoms with Gasteiger partial charge in [-0.2, -0.15) is 0 Å². The molecule has 6 nitrogen and oxygen atoms in total. The van der Waals surface area contributed by atoms with Gasteiger partial charge in [0, 0.05) is 25.2 Å². The quantitative estimate of drug-likeness (QED) is 0.307. The van der Waals surface area contributed by atoms with Crippen molar-refractivity contribution in [1.82, 2.24) is 4.90 Å². The van der Waals surface area contributed by atoms with E-state index in [-0.39, 0.29) is 12.5 Å². The van der Waals surface area contributed by atoms with E-state index in [9.17, 15) is 9.59 Å². The molecule has 0 unspecified atom stereocenters. The number of hydrogen-bond donors (Lipinski definition) is 2. The fraction of sp³-hybridized carbons (Fsp3) is 0.286. The van der Waals surface area contributed by atoms with Crippen LogP contribution in [0.5, 0.6) is 5.75 Å². The van der Waals surface area contributed by atoms with E-state index in [1.54, 1.807) is 0 Å². The highest BCUT2D eigenvalue weighted by molar-refractivity contribution is 5.89. The molecular weight excluding hydrogens is 428 g/mol. The van der Waals surface area contributed by atoms with Crippen LogP contribution in [0.25, 0.3) is 0 Å². The molecule has 0 saturated heterocycles. The summed E-state index contributed by atoms with van der Waals surface area (Å²) in [5, 5.41) is 11.8. The third-order valence-electron chi connectivity index (χ3n) is 5.37. The molecule has 0 aliphatic carbocycles. The minimum atomic E-state index is -0.829. The maximum absolute atomic E-state index is 13.1. The third kappa shape index (κ3) is 8.98. The lowest BCUT2D eigenvalue weighted by atomic mass is 10.1. The van der Waals surface area contributed by atoms with Gasteiger partial charge in [-0.15, -0.1) is 0 Å². The minimum Gasteiger partial charge on any atom is -0.494 e. The fourth-order valence-electron chi connectivity index (χ4n) is 3.62. The van der Waals surface area contributed by atoms with Gasteiger partial charge >= 0.3 is 12.0 Å². The summed E-state index contributed by atoms with van der Waals surface area (Å²) in [5.41, 5.74) is 3.02. The second-order valence-corrected chi connectivity index (χ2v) is 8.15. The molecule has 0 aliphatic heterocycles. The lowest BCUT2D eigenvalue weighted by Crippen LogP contribution is -2.35. The van der Waals surface area contributed by atoms with Crippen LogP contribution in [-0.4, -0.2) is 35.2 Å². The molecule has 0 radical (unpaired) electrons. The second kappa shape index (κ2) is 13.7. The third-order valence-corrected chi connectivity index (χ3v) is 5.37. The van der Waals surface area contributed by atoms with Gasteiger partial charge in [0.25, 0.3) is 0 Å². The Morgan fingerprint density at radius 1 is 0.824 bits per heavy atom. The van der Waals surface area contributed by atoms with Crippen molar-refractivity contribution in [2.45, 2.75) is 38.6 Å². The molecule has 3 rings (SSSR count). The van der Waals surface area contributed by atoms with Gasteiger partial charge in [-0.25, -0.2) is 4.79 Å². The van der Waals surface area contributed by atoms with E-state index >= 15 is 0 Å². The Hall–Kier alpha value is -3.80. The molecule has 0 heterocycles. The number of para-hydroxylation sites is 1. The number of carbonyl (C=O) groups is 2. The van der Waals surface area contributed by atoms with Gasteiger partial charge in [0.2, 0.25) is 0 Å². The van der Waals surface area contributed by atoms with Crippen molar-refractivity contribution in [1.29, 1.82) is 0 Å². The van der Waals surface area contributed by atoms with Gasteiger partial charge in [0.15, 0.2) is 0 Å². The van der Waals surface area contributed by atoms with Crippen LogP contribution in [0.2, 0.25) is 0 Å². The number of urea groups is 1. The zero-order valence-electron chi connectivity index (χ0n) is 19.4. The van der Waals surface area contributed by atoms with E-state index in [1.165, 1.54) is 5.56 Å². The van der Waals surface area contributed by atoms with Gasteiger partial charge in [0.1, 0.15) is 5.75 Å². The monoisotopic (exact) mass is 460 g/mol. The number of rotatable bonds is 13. The number of unbranched alkanes of at least 4 members (excludes halogenated alkanes) is 1. The molecule has 3 aromatic carbocycles. The molecule has 0 aliphatic rings. The van der Waals surface area contributed by atoms with E-state index in [4.69, 9.17) is 9.84 Å². The van der Waals surface area contributed by atoms with Crippen molar-refractivity contribution in [2.75, 3.05) is 18.5 Å². The maximum Gasteiger partial charge on any atom is 0.322 e. The molecule has 0 fully saturated rings. The van der Waals surface area contributed by atoms with Crippen LogP contribution < -0.4 is 10.1 Å². The number of carbonyl (C=O) groups excluding carboxylic acids is 1. The number of hydrogen-bond acceptors (Lipinski definition) is 3. The van der Waals surface area contributed by atoms with Gasteiger partial charge in [0.05, 0.1) is 6.61 Å². The van der Waals surface area contributed by atoms with E-state index in [0.29, 0.717) is 31.9 Å². The normalized spacial score (nSPS) is 10.5. The molecule has 6 heteroatoms.